The van der Waals surface area contributed by atoms with Gasteiger partial charge in [-0.3, -0.25) is 4.68 Å². The topological polar surface area (TPSA) is 43.8 Å². The van der Waals surface area contributed by atoms with Gasteiger partial charge in [0.1, 0.15) is 5.82 Å². The molecule has 2 rings (SSSR count). The zero-order valence-corrected chi connectivity index (χ0v) is 12.8. The average molecular weight is 316 g/mol. The van der Waals surface area contributed by atoms with Crippen LogP contribution in [0.1, 0.15) is 37.2 Å². The second kappa shape index (κ2) is 6.12. The van der Waals surface area contributed by atoms with Gasteiger partial charge in [0, 0.05) is 6.04 Å². The van der Waals surface area contributed by atoms with E-state index in [1.54, 1.807) is 23.0 Å². The van der Waals surface area contributed by atoms with Crippen LogP contribution in [0.15, 0.2) is 24.4 Å². The lowest BCUT2D eigenvalue weighted by atomic mass is 10.0. The van der Waals surface area contributed by atoms with Crippen LogP contribution in [-0.2, 0) is 6.42 Å². The summed E-state index contributed by atoms with van der Waals surface area (Å²) in [6, 6.07) is 4.57. The molecule has 3 nitrogen and oxygen atoms in total. The van der Waals surface area contributed by atoms with Crippen LogP contribution >= 0.6 is 23.2 Å². The fraction of sp³-hybridized carbons (Fsp3) is 0.357. The van der Waals surface area contributed by atoms with Gasteiger partial charge in [-0.2, -0.15) is 5.10 Å². The van der Waals surface area contributed by atoms with Gasteiger partial charge in [0.05, 0.1) is 28.0 Å². The molecule has 1 aromatic carbocycles. The second-order valence-corrected chi connectivity index (χ2v) is 5.75. The maximum atomic E-state index is 13.9. The SMILES string of the molecule is CC(C)n1ncc(Cl)c1C(N)Cc1cccc(Cl)c1F. The Balaban J connectivity index is 2.31. The fourth-order valence-corrected chi connectivity index (χ4v) is 2.61. The van der Waals surface area contributed by atoms with Crippen LogP contribution in [0.2, 0.25) is 10.0 Å². The number of rotatable bonds is 4. The largest absolute Gasteiger partial charge is 0.322 e. The summed E-state index contributed by atoms with van der Waals surface area (Å²) in [6.07, 6.45) is 1.87. The Bertz CT molecular complexity index is 610. The monoisotopic (exact) mass is 315 g/mol. The van der Waals surface area contributed by atoms with Gasteiger partial charge in [-0.1, -0.05) is 35.3 Å². The van der Waals surface area contributed by atoms with Crippen molar-refractivity contribution in [3.8, 4) is 0 Å². The van der Waals surface area contributed by atoms with Crippen LogP contribution in [0.25, 0.3) is 0 Å². The van der Waals surface area contributed by atoms with Gasteiger partial charge in [0.25, 0.3) is 0 Å². The highest BCUT2D eigenvalue weighted by molar-refractivity contribution is 6.31. The lowest BCUT2D eigenvalue weighted by molar-refractivity contribution is 0.482. The third-order valence-corrected chi connectivity index (χ3v) is 3.68. The smallest absolute Gasteiger partial charge is 0.145 e. The lowest BCUT2D eigenvalue weighted by Gasteiger charge is -2.18. The predicted molar refractivity (Wildman–Crippen MR) is 79.7 cm³/mol. The molecule has 0 aliphatic rings. The zero-order valence-electron chi connectivity index (χ0n) is 11.3. The van der Waals surface area contributed by atoms with Gasteiger partial charge >= 0.3 is 0 Å². The average Bonchev–Trinajstić information content (AvgIpc) is 2.77. The molecule has 0 spiro atoms. The fourth-order valence-electron chi connectivity index (χ4n) is 2.15. The Labute approximate surface area is 127 Å². The minimum absolute atomic E-state index is 0.0955. The summed E-state index contributed by atoms with van der Waals surface area (Å²) in [5.41, 5.74) is 7.35. The second-order valence-electron chi connectivity index (χ2n) is 4.94. The van der Waals surface area contributed by atoms with Crippen LogP contribution in [0, 0.1) is 5.82 Å². The maximum Gasteiger partial charge on any atom is 0.145 e. The number of hydrogen-bond donors (Lipinski definition) is 1. The molecule has 0 fully saturated rings. The minimum atomic E-state index is -0.444. The number of hydrogen-bond acceptors (Lipinski definition) is 2. The highest BCUT2D eigenvalue weighted by atomic mass is 35.5. The van der Waals surface area contributed by atoms with Gasteiger partial charge in [0.15, 0.2) is 0 Å². The van der Waals surface area contributed by atoms with Crippen LogP contribution < -0.4 is 5.73 Å². The molecule has 0 bridgehead atoms. The van der Waals surface area contributed by atoms with E-state index in [1.807, 2.05) is 13.8 Å². The van der Waals surface area contributed by atoms with Gasteiger partial charge in [-0.05, 0) is 31.9 Å². The molecule has 1 aromatic heterocycles. The molecular weight excluding hydrogens is 300 g/mol. The first-order valence-electron chi connectivity index (χ1n) is 6.33. The molecule has 0 amide bonds. The van der Waals surface area contributed by atoms with E-state index in [2.05, 4.69) is 5.10 Å². The number of halogens is 3. The Kier molecular flexibility index (Phi) is 4.68. The number of benzene rings is 1. The summed E-state index contributed by atoms with van der Waals surface area (Å²) in [5, 5.41) is 4.79. The summed E-state index contributed by atoms with van der Waals surface area (Å²) < 4.78 is 15.7. The van der Waals surface area contributed by atoms with Gasteiger partial charge in [0.2, 0.25) is 0 Å². The van der Waals surface area contributed by atoms with E-state index < -0.39 is 11.9 Å². The van der Waals surface area contributed by atoms with Crippen molar-refractivity contribution in [3.63, 3.8) is 0 Å². The molecule has 1 atom stereocenters. The van der Waals surface area contributed by atoms with E-state index in [1.165, 1.54) is 6.07 Å². The summed E-state index contributed by atoms with van der Waals surface area (Å²) in [6.45, 7) is 3.97. The Morgan fingerprint density at radius 3 is 2.65 bits per heavy atom. The first-order valence-corrected chi connectivity index (χ1v) is 7.08. The highest BCUT2D eigenvalue weighted by Gasteiger charge is 2.20. The van der Waals surface area contributed by atoms with E-state index in [-0.39, 0.29) is 11.1 Å². The van der Waals surface area contributed by atoms with Crippen LogP contribution in [0.5, 0.6) is 0 Å². The van der Waals surface area contributed by atoms with Crippen molar-refractivity contribution in [1.82, 2.24) is 9.78 Å². The van der Waals surface area contributed by atoms with Crippen molar-refractivity contribution >= 4 is 23.2 Å². The van der Waals surface area contributed by atoms with Crippen molar-refractivity contribution in [3.05, 3.63) is 51.5 Å². The molecule has 0 saturated carbocycles. The molecular formula is C14H16Cl2FN3. The Morgan fingerprint density at radius 1 is 1.30 bits per heavy atom. The zero-order chi connectivity index (χ0) is 14.9. The number of nitrogens with two attached hydrogens (primary N) is 1. The predicted octanol–water partition coefficient (Wildman–Crippen LogP) is 4.15. The molecule has 108 valence electrons. The van der Waals surface area contributed by atoms with Crippen LogP contribution in [-0.4, -0.2) is 9.78 Å². The van der Waals surface area contributed by atoms with Crippen molar-refractivity contribution in [1.29, 1.82) is 0 Å². The standard InChI is InChI=1S/C14H16Cl2FN3/c1-8(2)20-14(11(16)7-19-20)12(18)6-9-4-3-5-10(15)13(9)17/h3-5,7-8,12H,6,18H2,1-2H3. The molecule has 0 saturated heterocycles. The third kappa shape index (κ3) is 2.97. The van der Waals surface area contributed by atoms with E-state index >= 15 is 0 Å². The molecule has 0 aliphatic carbocycles. The van der Waals surface area contributed by atoms with Crippen molar-refractivity contribution < 1.29 is 4.39 Å². The summed E-state index contributed by atoms with van der Waals surface area (Å²) >= 11 is 11.9. The van der Waals surface area contributed by atoms with Crippen LogP contribution in [0.3, 0.4) is 0 Å². The molecule has 20 heavy (non-hydrogen) atoms. The van der Waals surface area contributed by atoms with Crippen molar-refractivity contribution in [2.75, 3.05) is 0 Å². The van der Waals surface area contributed by atoms with E-state index in [9.17, 15) is 4.39 Å². The Hall–Kier alpha value is -1.10. The maximum absolute atomic E-state index is 13.9. The molecule has 0 aliphatic heterocycles. The van der Waals surface area contributed by atoms with Crippen molar-refractivity contribution in [2.45, 2.75) is 32.4 Å². The minimum Gasteiger partial charge on any atom is -0.322 e. The van der Waals surface area contributed by atoms with Gasteiger partial charge < -0.3 is 5.73 Å². The normalized spacial score (nSPS) is 12.9. The number of nitrogens with zero attached hydrogens (tertiary/aromatic N) is 2. The first kappa shape index (κ1) is 15.3. The highest BCUT2D eigenvalue weighted by Crippen LogP contribution is 2.28. The molecule has 2 aromatic rings. The van der Waals surface area contributed by atoms with E-state index in [4.69, 9.17) is 28.9 Å². The summed E-state index contributed by atoms with van der Waals surface area (Å²) in [5.74, 6) is -0.434. The summed E-state index contributed by atoms with van der Waals surface area (Å²) in [7, 11) is 0. The molecule has 0 radical (unpaired) electrons. The van der Waals surface area contributed by atoms with Crippen molar-refractivity contribution in [2.24, 2.45) is 5.73 Å². The number of aromatic nitrogens is 2. The van der Waals surface area contributed by atoms with E-state index in [0.29, 0.717) is 22.7 Å². The van der Waals surface area contributed by atoms with Gasteiger partial charge in [-0.15, -0.1) is 0 Å². The first-order chi connectivity index (χ1) is 9.41. The van der Waals surface area contributed by atoms with Crippen LogP contribution in [0.4, 0.5) is 4.39 Å². The molecule has 1 heterocycles. The third-order valence-electron chi connectivity index (χ3n) is 3.10. The van der Waals surface area contributed by atoms with Gasteiger partial charge in [-0.25, -0.2) is 4.39 Å². The Morgan fingerprint density at radius 2 is 2.00 bits per heavy atom. The molecule has 6 heteroatoms. The quantitative estimate of drug-likeness (QED) is 0.921. The molecule has 1 unspecified atom stereocenters. The van der Waals surface area contributed by atoms with E-state index in [0.717, 1.165) is 0 Å². The summed E-state index contributed by atoms with van der Waals surface area (Å²) in [4.78, 5) is 0. The lowest BCUT2D eigenvalue weighted by Crippen LogP contribution is -2.20. The molecule has 2 N–H and O–H groups in total.